The molecule has 1 N–H and O–H groups in total. The van der Waals surface area contributed by atoms with Gasteiger partial charge in [-0.15, -0.1) is 0 Å². The molecule has 1 aliphatic heterocycles. The van der Waals surface area contributed by atoms with Crippen molar-refractivity contribution in [3.63, 3.8) is 0 Å². The average molecular weight is 392 g/mol. The highest BCUT2D eigenvalue weighted by Gasteiger charge is 2.27. The topological polar surface area (TPSA) is 93.5 Å². The van der Waals surface area contributed by atoms with E-state index in [-0.39, 0.29) is 16.7 Å². The molecule has 0 radical (unpaired) electrons. The van der Waals surface area contributed by atoms with Crippen LogP contribution in [0.3, 0.4) is 0 Å². The Labute approximate surface area is 159 Å². The molecule has 3 rings (SSSR count). The summed E-state index contributed by atoms with van der Waals surface area (Å²) in [6.07, 6.45) is 3.32. The number of amides is 1. The fourth-order valence-electron chi connectivity index (χ4n) is 3.23. The molecule has 1 amide bonds. The van der Waals surface area contributed by atoms with Crippen molar-refractivity contribution in [2.24, 2.45) is 13.0 Å². The predicted molar refractivity (Wildman–Crippen MR) is 100 cm³/mol. The summed E-state index contributed by atoms with van der Waals surface area (Å²) < 4.78 is 34.2. The van der Waals surface area contributed by atoms with Gasteiger partial charge in [0.1, 0.15) is 11.4 Å². The van der Waals surface area contributed by atoms with E-state index in [4.69, 9.17) is 4.74 Å². The lowest BCUT2D eigenvalue weighted by Crippen LogP contribution is -2.44. The van der Waals surface area contributed by atoms with Crippen LogP contribution in [0.5, 0.6) is 5.75 Å². The van der Waals surface area contributed by atoms with Crippen molar-refractivity contribution >= 4 is 15.9 Å². The highest BCUT2D eigenvalue weighted by Crippen LogP contribution is 2.20. The van der Waals surface area contributed by atoms with Crippen molar-refractivity contribution in [3.8, 4) is 5.75 Å². The number of ether oxygens (including phenoxy) is 1. The summed E-state index contributed by atoms with van der Waals surface area (Å²) in [6.45, 7) is 1.49. The minimum Gasteiger partial charge on any atom is -0.497 e. The first-order chi connectivity index (χ1) is 12.9. The summed E-state index contributed by atoms with van der Waals surface area (Å²) in [4.78, 5) is 14.6. The zero-order chi connectivity index (χ0) is 19.4. The van der Waals surface area contributed by atoms with Crippen LogP contribution < -0.4 is 9.46 Å². The Kier molecular flexibility index (Phi) is 5.81. The van der Waals surface area contributed by atoms with Crippen molar-refractivity contribution in [2.75, 3.05) is 26.7 Å². The number of aryl methyl sites for hydroxylation is 1. The maximum absolute atomic E-state index is 12.6. The fraction of sp³-hybridized carbons (Fsp3) is 0.444. The molecular weight excluding hydrogens is 368 g/mol. The number of nitrogens with zero attached hydrogens (tertiary/aromatic N) is 3. The number of rotatable bonds is 6. The van der Waals surface area contributed by atoms with E-state index in [9.17, 15) is 13.2 Å². The van der Waals surface area contributed by atoms with Crippen molar-refractivity contribution in [1.29, 1.82) is 0 Å². The second kappa shape index (κ2) is 8.10. The zero-order valence-corrected chi connectivity index (χ0v) is 16.3. The number of nitrogens with one attached hydrogen (secondary N) is 1. The number of piperidine rings is 1. The molecule has 8 nitrogen and oxygen atoms in total. The largest absolute Gasteiger partial charge is 0.497 e. The minimum atomic E-state index is -3.60. The van der Waals surface area contributed by atoms with Crippen LogP contribution in [0.4, 0.5) is 0 Å². The molecule has 1 atom stereocenters. The van der Waals surface area contributed by atoms with Crippen LogP contribution in [0.25, 0.3) is 0 Å². The van der Waals surface area contributed by atoms with Crippen molar-refractivity contribution in [2.45, 2.75) is 17.7 Å². The lowest BCUT2D eigenvalue weighted by Gasteiger charge is -2.32. The van der Waals surface area contributed by atoms with E-state index in [1.807, 2.05) is 0 Å². The first-order valence-electron chi connectivity index (χ1n) is 8.81. The molecule has 1 unspecified atom stereocenters. The number of likely N-dealkylation sites (tertiary alicyclic amines) is 1. The molecule has 1 saturated heterocycles. The van der Waals surface area contributed by atoms with Gasteiger partial charge in [0.05, 0.1) is 12.0 Å². The first-order valence-corrected chi connectivity index (χ1v) is 10.3. The zero-order valence-electron chi connectivity index (χ0n) is 15.5. The van der Waals surface area contributed by atoms with Gasteiger partial charge in [-0.1, -0.05) is 0 Å². The van der Waals surface area contributed by atoms with Crippen LogP contribution in [-0.4, -0.2) is 55.7 Å². The van der Waals surface area contributed by atoms with E-state index in [1.165, 1.54) is 19.2 Å². The van der Waals surface area contributed by atoms with Crippen LogP contribution in [0.2, 0.25) is 0 Å². The molecule has 1 fully saturated rings. The van der Waals surface area contributed by atoms with E-state index >= 15 is 0 Å². The smallest absolute Gasteiger partial charge is 0.272 e. The van der Waals surface area contributed by atoms with E-state index < -0.39 is 10.0 Å². The van der Waals surface area contributed by atoms with Gasteiger partial charge in [0.25, 0.3) is 5.91 Å². The third-order valence-electron chi connectivity index (χ3n) is 4.78. The lowest BCUT2D eigenvalue weighted by atomic mass is 9.98. The number of carbonyl (C=O) groups excluding carboxylic acids is 1. The molecule has 27 heavy (non-hydrogen) atoms. The summed E-state index contributed by atoms with van der Waals surface area (Å²) in [5.74, 6) is 0.604. The van der Waals surface area contributed by atoms with Gasteiger partial charge in [-0.25, -0.2) is 13.1 Å². The second-order valence-corrected chi connectivity index (χ2v) is 8.39. The third-order valence-corrected chi connectivity index (χ3v) is 6.22. The number of sulfonamides is 1. The summed E-state index contributed by atoms with van der Waals surface area (Å²) in [6, 6.07) is 7.95. The van der Waals surface area contributed by atoms with Gasteiger partial charge < -0.3 is 9.64 Å². The number of methoxy groups -OCH3 is 1. The standard InChI is InChI=1S/C18H24N4O4S/c1-21-17(9-10-19-21)18(23)22-11-3-4-14(13-22)12-20-27(24,25)16-7-5-15(26-2)6-8-16/h5-10,14,20H,3-4,11-13H2,1-2H3. The molecule has 0 saturated carbocycles. The molecule has 0 spiro atoms. The normalized spacial score (nSPS) is 17.7. The van der Waals surface area contributed by atoms with Gasteiger partial charge in [0.2, 0.25) is 10.0 Å². The Hall–Kier alpha value is -2.39. The molecule has 9 heteroatoms. The van der Waals surface area contributed by atoms with Crippen LogP contribution >= 0.6 is 0 Å². The maximum Gasteiger partial charge on any atom is 0.272 e. The van der Waals surface area contributed by atoms with E-state index in [2.05, 4.69) is 9.82 Å². The van der Waals surface area contributed by atoms with Gasteiger partial charge in [-0.05, 0) is 49.1 Å². The number of benzene rings is 1. The highest BCUT2D eigenvalue weighted by atomic mass is 32.2. The molecule has 1 aromatic carbocycles. The highest BCUT2D eigenvalue weighted by molar-refractivity contribution is 7.89. The van der Waals surface area contributed by atoms with Crippen LogP contribution in [0, 0.1) is 5.92 Å². The SMILES string of the molecule is COc1ccc(S(=O)(=O)NCC2CCCN(C(=O)c3ccnn3C)C2)cc1. The predicted octanol–water partition coefficient (Wildman–Crippen LogP) is 1.26. The summed E-state index contributed by atoms with van der Waals surface area (Å²) in [5.41, 5.74) is 0.537. The Morgan fingerprint density at radius 2 is 2.04 bits per heavy atom. The van der Waals surface area contributed by atoms with Gasteiger partial charge in [0.15, 0.2) is 0 Å². The summed E-state index contributed by atoms with van der Waals surface area (Å²) >= 11 is 0. The van der Waals surface area contributed by atoms with Crippen molar-refractivity contribution in [3.05, 3.63) is 42.2 Å². The summed E-state index contributed by atoms with van der Waals surface area (Å²) in [5, 5.41) is 4.03. The van der Waals surface area contributed by atoms with Gasteiger partial charge in [0, 0.05) is 32.9 Å². The monoisotopic (exact) mass is 392 g/mol. The quantitative estimate of drug-likeness (QED) is 0.799. The molecular formula is C18H24N4O4S. The van der Waals surface area contributed by atoms with Gasteiger partial charge in [-0.2, -0.15) is 5.10 Å². The molecule has 0 bridgehead atoms. The number of carbonyl (C=O) groups is 1. The average Bonchev–Trinajstić information content (AvgIpc) is 3.12. The Morgan fingerprint density at radius 1 is 1.30 bits per heavy atom. The first kappa shape index (κ1) is 19.4. The molecule has 2 heterocycles. The summed E-state index contributed by atoms with van der Waals surface area (Å²) in [7, 11) is -0.330. The van der Waals surface area contributed by atoms with E-state index in [0.29, 0.717) is 31.1 Å². The lowest BCUT2D eigenvalue weighted by molar-refractivity contribution is 0.0665. The van der Waals surface area contributed by atoms with Crippen LogP contribution in [0.15, 0.2) is 41.4 Å². The molecule has 0 aliphatic carbocycles. The van der Waals surface area contributed by atoms with Crippen molar-refractivity contribution in [1.82, 2.24) is 19.4 Å². The maximum atomic E-state index is 12.6. The number of hydrogen-bond acceptors (Lipinski definition) is 5. The third kappa shape index (κ3) is 4.48. The van der Waals surface area contributed by atoms with Gasteiger partial charge >= 0.3 is 0 Å². The molecule has 1 aliphatic rings. The fourth-order valence-corrected chi connectivity index (χ4v) is 4.34. The van der Waals surface area contributed by atoms with E-state index in [0.717, 1.165) is 12.8 Å². The Balaban J connectivity index is 1.60. The molecule has 146 valence electrons. The number of aromatic nitrogens is 2. The Morgan fingerprint density at radius 3 is 2.67 bits per heavy atom. The Bertz CT molecular complexity index is 892. The molecule has 1 aromatic heterocycles. The second-order valence-electron chi connectivity index (χ2n) is 6.63. The number of hydrogen-bond donors (Lipinski definition) is 1. The van der Waals surface area contributed by atoms with Gasteiger partial charge in [-0.3, -0.25) is 9.48 Å². The van der Waals surface area contributed by atoms with Crippen molar-refractivity contribution < 1.29 is 17.9 Å². The van der Waals surface area contributed by atoms with Crippen LogP contribution in [0.1, 0.15) is 23.3 Å². The van der Waals surface area contributed by atoms with E-state index in [1.54, 1.807) is 41.0 Å². The van der Waals surface area contributed by atoms with Crippen LogP contribution in [-0.2, 0) is 17.1 Å². The molecule has 2 aromatic rings. The minimum absolute atomic E-state index is 0.0716.